The molecule has 0 saturated heterocycles. The van der Waals surface area contributed by atoms with Crippen LogP contribution in [-0.2, 0) is 9.84 Å². The van der Waals surface area contributed by atoms with Gasteiger partial charge in [-0.2, -0.15) is 8.78 Å². The first kappa shape index (κ1) is 24.7. The predicted molar refractivity (Wildman–Crippen MR) is 130 cm³/mol. The average Bonchev–Trinajstić information content (AvgIpc) is 2.72. The summed E-state index contributed by atoms with van der Waals surface area (Å²) in [7, 11) is -4.86. The Morgan fingerprint density at radius 1 is 0.656 bits per heavy atom. The molecule has 32 heavy (non-hydrogen) atoms. The molecule has 9 heteroatoms. The number of benzene rings is 3. The van der Waals surface area contributed by atoms with E-state index in [4.69, 9.17) is 46.4 Å². The topological polar surface area (TPSA) is 34.1 Å². The molecule has 0 aromatic heterocycles. The number of alkyl halides is 2. The minimum Gasteiger partial charge on any atom is -0.218 e. The molecule has 0 heterocycles. The molecule has 0 amide bonds. The molecule has 0 N–H and O–H groups in total. The van der Waals surface area contributed by atoms with Crippen molar-refractivity contribution in [3.63, 3.8) is 0 Å². The van der Waals surface area contributed by atoms with Gasteiger partial charge in [-0.1, -0.05) is 95.0 Å². The van der Waals surface area contributed by atoms with Crippen molar-refractivity contribution in [3.05, 3.63) is 96.9 Å². The highest BCUT2D eigenvalue weighted by Gasteiger charge is 2.28. The molecule has 0 spiro atoms. The van der Waals surface area contributed by atoms with Crippen molar-refractivity contribution in [1.82, 2.24) is 0 Å². The summed E-state index contributed by atoms with van der Waals surface area (Å²) in [6.07, 6.45) is 6.15. The maximum absolute atomic E-state index is 13.3. The van der Waals surface area contributed by atoms with Crippen LogP contribution in [0.5, 0.6) is 0 Å². The lowest BCUT2D eigenvalue weighted by atomic mass is 10.1. The molecule has 0 fully saturated rings. The molecule has 0 aliphatic rings. The Balaban J connectivity index is 2.03. The third kappa shape index (κ3) is 5.91. The molecule has 0 aliphatic heterocycles. The van der Waals surface area contributed by atoms with E-state index < -0.39 is 20.5 Å². The summed E-state index contributed by atoms with van der Waals surface area (Å²) >= 11 is 24.0. The second-order valence-electron chi connectivity index (χ2n) is 6.60. The summed E-state index contributed by atoms with van der Waals surface area (Å²) < 4.78 is 51.3. The van der Waals surface area contributed by atoms with Gasteiger partial charge in [-0.25, -0.2) is 8.42 Å². The van der Waals surface area contributed by atoms with Crippen molar-refractivity contribution < 1.29 is 17.2 Å². The van der Waals surface area contributed by atoms with E-state index >= 15 is 0 Å². The second kappa shape index (κ2) is 10.4. The maximum Gasteiger partial charge on any atom is 0.341 e. The molecule has 3 rings (SSSR count). The molecule has 0 bridgehead atoms. The number of halogens is 6. The zero-order valence-corrected chi connectivity index (χ0v) is 19.9. The third-order valence-electron chi connectivity index (χ3n) is 4.40. The van der Waals surface area contributed by atoms with Crippen LogP contribution in [0.4, 0.5) is 8.78 Å². The highest BCUT2D eigenvalue weighted by Crippen LogP contribution is 2.29. The Morgan fingerprint density at radius 3 is 1.62 bits per heavy atom. The first-order valence-corrected chi connectivity index (χ1v) is 12.1. The molecule has 0 unspecified atom stereocenters. The summed E-state index contributed by atoms with van der Waals surface area (Å²) in [4.78, 5) is -0.502. The first-order valence-electron chi connectivity index (χ1n) is 9.00. The quantitative estimate of drug-likeness (QED) is 0.297. The molecule has 0 aliphatic carbocycles. The lowest BCUT2D eigenvalue weighted by molar-refractivity contribution is 0.234. The van der Waals surface area contributed by atoms with Gasteiger partial charge in [-0.15, -0.1) is 0 Å². The normalized spacial score (nSPS) is 12.3. The lowest BCUT2D eigenvalue weighted by Crippen LogP contribution is -2.13. The largest absolute Gasteiger partial charge is 0.341 e. The van der Waals surface area contributed by atoms with Crippen LogP contribution >= 0.6 is 46.4 Å². The summed E-state index contributed by atoms with van der Waals surface area (Å²) in [5.41, 5.74) is 1.68. The predicted octanol–water partition coefficient (Wildman–Crippen LogP) is 8.64. The van der Waals surface area contributed by atoms with Crippen LogP contribution < -0.4 is 0 Å². The van der Waals surface area contributed by atoms with Crippen molar-refractivity contribution >= 4 is 80.5 Å². The number of sulfone groups is 1. The van der Waals surface area contributed by atoms with E-state index in [9.17, 15) is 17.2 Å². The van der Waals surface area contributed by atoms with E-state index in [1.807, 2.05) is 0 Å². The standard InChI is InChI=1S/C23H14Cl4F2O2S/c24-18-9-7-15(20(26)12-18)3-1-14-2-4-17(22(11-14)32(30,31)23(28)29)6-5-16-8-10-19(25)13-21(16)27/h1-13,23H. The van der Waals surface area contributed by atoms with Gasteiger partial charge in [0.25, 0.3) is 0 Å². The number of rotatable bonds is 6. The van der Waals surface area contributed by atoms with Gasteiger partial charge in [-0.05, 0) is 52.6 Å². The van der Waals surface area contributed by atoms with Gasteiger partial charge in [0.15, 0.2) is 0 Å². The molecular weight excluding hydrogens is 520 g/mol. The van der Waals surface area contributed by atoms with Crippen molar-refractivity contribution in [2.24, 2.45) is 0 Å². The fourth-order valence-electron chi connectivity index (χ4n) is 2.77. The minimum absolute atomic E-state index is 0.0954. The molecule has 3 aromatic rings. The molecule has 3 aromatic carbocycles. The zero-order chi connectivity index (χ0) is 23.5. The average molecular weight is 534 g/mol. The van der Waals surface area contributed by atoms with Crippen LogP contribution in [0.2, 0.25) is 20.1 Å². The van der Waals surface area contributed by atoms with Crippen molar-refractivity contribution in [2.45, 2.75) is 10.7 Å². The molecular formula is C23H14Cl4F2O2S. The monoisotopic (exact) mass is 532 g/mol. The Morgan fingerprint density at radius 2 is 1.12 bits per heavy atom. The molecule has 0 atom stereocenters. The van der Waals surface area contributed by atoms with Crippen molar-refractivity contribution in [3.8, 4) is 0 Å². The Hall–Kier alpha value is -1.89. The third-order valence-corrected chi connectivity index (χ3v) is 6.96. The van der Waals surface area contributed by atoms with Gasteiger partial charge in [-0.3, -0.25) is 0 Å². The minimum atomic E-state index is -4.86. The summed E-state index contributed by atoms with van der Waals surface area (Å²) in [6.45, 7) is 0. The second-order valence-corrected chi connectivity index (χ2v) is 10.2. The molecule has 166 valence electrons. The fourth-order valence-corrected chi connectivity index (χ4v) is 4.67. The van der Waals surface area contributed by atoms with E-state index in [2.05, 4.69) is 0 Å². The van der Waals surface area contributed by atoms with Crippen LogP contribution in [0.25, 0.3) is 24.3 Å². The summed E-state index contributed by atoms with van der Waals surface area (Å²) in [5.74, 6) is -3.57. The number of hydrogen-bond donors (Lipinski definition) is 0. The number of hydrogen-bond acceptors (Lipinski definition) is 2. The SMILES string of the molecule is O=S(=O)(c1cc(C=Cc2ccc(Cl)cc2Cl)ccc1C=Cc1ccc(Cl)cc1Cl)C(F)F. The highest BCUT2D eigenvalue weighted by atomic mass is 35.5. The van der Waals surface area contributed by atoms with Crippen LogP contribution in [0.15, 0.2) is 59.5 Å². The highest BCUT2D eigenvalue weighted by molar-refractivity contribution is 7.91. The summed E-state index contributed by atoms with van der Waals surface area (Å²) in [6, 6.07) is 13.9. The Labute approximate surface area is 204 Å². The molecule has 0 saturated carbocycles. The Bertz CT molecular complexity index is 1320. The van der Waals surface area contributed by atoms with Crippen LogP contribution in [-0.4, -0.2) is 14.2 Å². The van der Waals surface area contributed by atoms with Crippen molar-refractivity contribution in [1.29, 1.82) is 0 Å². The Kier molecular flexibility index (Phi) is 8.01. The van der Waals surface area contributed by atoms with E-state index in [-0.39, 0.29) is 5.56 Å². The van der Waals surface area contributed by atoms with Gasteiger partial charge >= 0.3 is 5.76 Å². The summed E-state index contributed by atoms with van der Waals surface area (Å²) in [5, 5.41) is 1.64. The smallest absolute Gasteiger partial charge is 0.218 e. The van der Waals surface area contributed by atoms with Gasteiger partial charge in [0.05, 0.1) is 4.90 Å². The molecule has 2 nitrogen and oxygen atoms in total. The van der Waals surface area contributed by atoms with Gasteiger partial charge in [0.1, 0.15) is 0 Å². The van der Waals surface area contributed by atoms with Gasteiger partial charge < -0.3 is 0 Å². The van der Waals surface area contributed by atoms with Crippen molar-refractivity contribution in [2.75, 3.05) is 0 Å². The van der Waals surface area contributed by atoms with Crippen LogP contribution in [0.3, 0.4) is 0 Å². The lowest BCUT2D eigenvalue weighted by Gasteiger charge is -2.09. The van der Waals surface area contributed by atoms with Gasteiger partial charge in [0.2, 0.25) is 9.84 Å². The van der Waals surface area contributed by atoms with E-state index in [1.165, 1.54) is 30.4 Å². The zero-order valence-electron chi connectivity index (χ0n) is 16.1. The molecule has 0 radical (unpaired) electrons. The van der Waals surface area contributed by atoms with Crippen LogP contribution in [0, 0.1) is 0 Å². The fraction of sp³-hybridized carbons (Fsp3) is 0.0435. The van der Waals surface area contributed by atoms with E-state index in [1.54, 1.807) is 48.6 Å². The van der Waals surface area contributed by atoms with Crippen LogP contribution in [0.1, 0.15) is 22.3 Å². The maximum atomic E-state index is 13.3. The first-order chi connectivity index (χ1) is 15.1. The van der Waals surface area contributed by atoms with E-state index in [0.29, 0.717) is 36.8 Å². The van der Waals surface area contributed by atoms with Gasteiger partial charge in [0, 0.05) is 20.1 Å². The van der Waals surface area contributed by atoms with E-state index in [0.717, 1.165) is 0 Å².